The normalized spacial score (nSPS) is 12.4. The smallest absolute Gasteiger partial charge is 0.262 e. The first kappa shape index (κ1) is 20.1. The Morgan fingerprint density at radius 2 is 2.07 bits per heavy atom. The number of fused-ring (bicyclic) bond motifs is 1. The van der Waals surface area contributed by atoms with Crippen LogP contribution in [0.15, 0.2) is 35.4 Å². The zero-order valence-corrected chi connectivity index (χ0v) is 17.3. The van der Waals surface area contributed by atoms with E-state index in [1.807, 2.05) is 0 Å². The van der Waals surface area contributed by atoms with E-state index < -0.39 is 12.0 Å². The summed E-state index contributed by atoms with van der Waals surface area (Å²) in [5.74, 6) is -0.310. The molecule has 0 spiro atoms. The minimum atomic E-state index is -0.842. The van der Waals surface area contributed by atoms with Crippen molar-refractivity contribution in [2.45, 2.75) is 26.1 Å². The molecule has 154 valence electrons. The van der Waals surface area contributed by atoms with E-state index in [2.05, 4.69) is 20.4 Å². The number of rotatable bonds is 6. The summed E-state index contributed by atoms with van der Waals surface area (Å²) in [5, 5.41) is 23.3. The van der Waals surface area contributed by atoms with Crippen LogP contribution in [-0.2, 0) is 13.1 Å². The average molecular weight is 446 g/mol. The van der Waals surface area contributed by atoms with E-state index in [0.29, 0.717) is 31.2 Å². The van der Waals surface area contributed by atoms with Crippen LogP contribution in [0.2, 0.25) is 5.02 Å². The molecule has 0 aliphatic heterocycles. The van der Waals surface area contributed by atoms with Crippen LogP contribution in [0.5, 0.6) is 0 Å². The van der Waals surface area contributed by atoms with E-state index in [9.17, 15) is 14.7 Å². The molecule has 0 saturated heterocycles. The molecule has 12 heteroatoms. The molecule has 1 amide bonds. The Morgan fingerprint density at radius 3 is 2.77 bits per heavy atom. The van der Waals surface area contributed by atoms with Gasteiger partial charge >= 0.3 is 0 Å². The molecule has 0 aliphatic rings. The highest BCUT2D eigenvalue weighted by Gasteiger charge is 2.18. The van der Waals surface area contributed by atoms with Gasteiger partial charge in [0.05, 0.1) is 29.7 Å². The Kier molecular flexibility index (Phi) is 5.33. The summed E-state index contributed by atoms with van der Waals surface area (Å²) < 4.78 is 1.34. The van der Waals surface area contributed by atoms with Gasteiger partial charge in [0, 0.05) is 5.02 Å². The Balaban J connectivity index is 1.55. The van der Waals surface area contributed by atoms with Crippen molar-refractivity contribution in [3.63, 3.8) is 0 Å². The first-order chi connectivity index (χ1) is 14.3. The zero-order chi connectivity index (χ0) is 21.4. The summed E-state index contributed by atoms with van der Waals surface area (Å²) in [6.45, 7) is 1.80. The van der Waals surface area contributed by atoms with Crippen molar-refractivity contribution in [3.8, 4) is 0 Å². The van der Waals surface area contributed by atoms with Gasteiger partial charge in [-0.1, -0.05) is 23.7 Å². The first-order valence-electron chi connectivity index (χ1n) is 8.82. The minimum Gasteiger partial charge on any atom is -0.386 e. The van der Waals surface area contributed by atoms with E-state index in [1.165, 1.54) is 15.7 Å². The second-order valence-corrected chi connectivity index (χ2v) is 8.04. The molecule has 30 heavy (non-hydrogen) atoms. The fourth-order valence-corrected chi connectivity index (χ4v) is 4.14. The van der Waals surface area contributed by atoms with Gasteiger partial charge < -0.3 is 10.8 Å². The molecule has 0 fully saturated rings. The van der Waals surface area contributed by atoms with Gasteiger partial charge in [-0.25, -0.2) is 4.98 Å². The van der Waals surface area contributed by atoms with Gasteiger partial charge in [-0.05, 0) is 35.4 Å². The van der Waals surface area contributed by atoms with Crippen LogP contribution in [0.4, 0.5) is 0 Å². The number of hydrogen-bond acceptors (Lipinski definition) is 8. The van der Waals surface area contributed by atoms with Crippen molar-refractivity contribution in [3.05, 3.63) is 67.8 Å². The standard InChI is InChI=1S/C18H16ClN7O3S/c1-9-14-17(30-15(9)16(20)28)21-8-25(18(14)29)7-13-22-24-26(23-13)6-12(27)10-2-4-11(19)5-3-10/h2-5,8,12,27H,6-7H2,1H3,(H2,20,28). The Morgan fingerprint density at radius 1 is 1.33 bits per heavy atom. The highest BCUT2D eigenvalue weighted by Crippen LogP contribution is 2.26. The first-order valence-corrected chi connectivity index (χ1v) is 10.0. The number of hydrogen-bond donors (Lipinski definition) is 2. The van der Waals surface area contributed by atoms with Crippen LogP contribution in [0.25, 0.3) is 10.2 Å². The summed E-state index contributed by atoms with van der Waals surface area (Å²) in [7, 11) is 0. The van der Waals surface area contributed by atoms with Crippen molar-refractivity contribution in [2.75, 3.05) is 0 Å². The van der Waals surface area contributed by atoms with E-state index in [-0.39, 0.29) is 24.5 Å². The van der Waals surface area contributed by atoms with E-state index >= 15 is 0 Å². The quantitative estimate of drug-likeness (QED) is 0.455. The van der Waals surface area contributed by atoms with E-state index in [0.717, 1.165) is 11.3 Å². The Bertz CT molecular complexity index is 1300. The van der Waals surface area contributed by atoms with Crippen LogP contribution >= 0.6 is 22.9 Å². The van der Waals surface area contributed by atoms with Crippen molar-refractivity contribution >= 4 is 39.1 Å². The molecule has 4 rings (SSSR count). The molecule has 3 heterocycles. The number of nitrogens with two attached hydrogens (primary N) is 1. The fraction of sp³-hybridized carbons (Fsp3) is 0.222. The van der Waals surface area contributed by atoms with Crippen LogP contribution in [-0.4, -0.2) is 40.8 Å². The molecule has 3 N–H and O–H groups in total. The molecule has 4 aromatic rings. The van der Waals surface area contributed by atoms with Gasteiger partial charge in [-0.3, -0.25) is 14.2 Å². The monoisotopic (exact) mass is 445 g/mol. The number of aliphatic hydroxyl groups is 1. The predicted molar refractivity (Wildman–Crippen MR) is 110 cm³/mol. The third-order valence-electron chi connectivity index (χ3n) is 4.54. The maximum atomic E-state index is 12.8. The third-order valence-corrected chi connectivity index (χ3v) is 6.00. The maximum Gasteiger partial charge on any atom is 0.262 e. The Labute approximate surface area is 178 Å². The lowest BCUT2D eigenvalue weighted by Crippen LogP contribution is -2.22. The van der Waals surface area contributed by atoms with E-state index in [4.69, 9.17) is 17.3 Å². The SMILES string of the molecule is Cc1c(C(N)=O)sc2ncn(Cc3nnn(CC(O)c4ccc(Cl)cc4)n3)c(=O)c12. The molecule has 0 saturated carbocycles. The molecule has 1 atom stereocenters. The number of primary amides is 1. The average Bonchev–Trinajstić information content (AvgIpc) is 3.29. The predicted octanol–water partition coefficient (Wildman–Crippen LogP) is 1.29. The maximum absolute atomic E-state index is 12.8. The highest BCUT2D eigenvalue weighted by atomic mass is 35.5. The number of carbonyl (C=O) groups excluding carboxylic acids is 1. The highest BCUT2D eigenvalue weighted by molar-refractivity contribution is 7.20. The second-order valence-electron chi connectivity index (χ2n) is 6.61. The van der Waals surface area contributed by atoms with Gasteiger partial charge in [0.15, 0.2) is 5.82 Å². The van der Waals surface area contributed by atoms with Crippen LogP contribution in [0, 0.1) is 6.92 Å². The lowest BCUT2D eigenvalue weighted by atomic mass is 10.1. The number of benzene rings is 1. The molecule has 1 aromatic carbocycles. The second kappa shape index (κ2) is 7.94. The summed E-state index contributed by atoms with van der Waals surface area (Å²) >= 11 is 6.94. The number of nitrogens with zero attached hydrogens (tertiary/aromatic N) is 6. The van der Waals surface area contributed by atoms with Gasteiger partial charge in [-0.2, -0.15) is 4.80 Å². The van der Waals surface area contributed by atoms with Gasteiger partial charge in [0.2, 0.25) is 0 Å². The molecule has 10 nitrogen and oxygen atoms in total. The molecular formula is C18H16ClN7O3S. The molecule has 0 bridgehead atoms. The lowest BCUT2D eigenvalue weighted by Gasteiger charge is -2.09. The van der Waals surface area contributed by atoms with Gasteiger partial charge in [0.25, 0.3) is 11.5 Å². The van der Waals surface area contributed by atoms with Crippen molar-refractivity contribution < 1.29 is 9.90 Å². The van der Waals surface area contributed by atoms with E-state index in [1.54, 1.807) is 31.2 Å². The van der Waals surface area contributed by atoms with Gasteiger partial charge in [0.1, 0.15) is 10.9 Å². The Hall–Kier alpha value is -3.15. The number of aliphatic hydroxyl groups excluding tert-OH is 1. The van der Waals surface area contributed by atoms with Crippen molar-refractivity contribution in [2.24, 2.45) is 5.73 Å². The fourth-order valence-electron chi connectivity index (χ4n) is 3.02. The zero-order valence-electron chi connectivity index (χ0n) is 15.7. The van der Waals surface area contributed by atoms with Crippen molar-refractivity contribution in [1.82, 2.24) is 29.8 Å². The number of halogens is 1. The van der Waals surface area contributed by atoms with Crippen LogP contribution < -0.4 is 11.3 Å². The molecule has 0 radical (unpaired) electrons. The summed E-state index contributed by atoms with van der Waals surface area (Å²) in [6.07, 6.45) is 0.528. The minimum absolute atomic E-state index is 0.0417. The van der Waals surface area contributed by atoms with Crippen LogP contribution in [0.1, 0.15) is 32.7 Å². The molecule has 1 unspecified atom stereocenters. The lowest BCUT2D eigenvalue weighted by molar-refractivity contribution is 0.100. The number of tetrazole rings is 1. The summed E-state index contributed by atoms with van der Waals surface area (Å²) in [5.41, 5.74) is 6.22. The summed E-state index contributed by atoms with van der Waals surface area (Å²) in [4.78, 5) is 30.6. The number of thiophene rings is 1. The van der Waals surface area contributed by atoms with Crippen molar-refractivity contribution in [1.29, 1.82) is 0 Å². The molecule has 0 aliphatic carbocycles. The molecule has 3 aromatic heterocycles. The number of carbonyl (C=O) groups is 1. The van der Waals surface area contributed by atoms with Crippen LogP contribution in [0.3, 0.4) is 0 Å². The topological polar surface area (TPSA) is 142 Å². The number of aromatic nitrogens is 6. The largest absolute Gasteiger partial charge is 0.386 e. The number of amides is 1. The third kappa shape index (κ3) is 3.82. The van der Waals surface area contributed by atoms with Gasteiger partial charge in [-0.15, -0.1) is 21.5 Å². The molecular weight excluding hydrogens is 430 g/mol. The number of aryl methyl sites for hydroxylation is 1. The summed E-state index contributed by atoms with van der Waals surface area (Å²) in [6, 6.07) is 6.81.